The quantitative estimate of drug-likeness (QED) is 0.0999. The minimum absolute atomic E-state index is 0.0476. The maximum absolute atomic E-state index is 14.5. The molecule has 16 heteroatoms. The number of carbonyl (C=O) groups excluding carboxylic acids is 1. The molecule has 264 valence electrons. The van der Waals surface area contributed by atoms with Gasteiger partial charge >= 0.3 is 12.2 Å². The van der Waals surface area contributed by atoms with Crippen molar-refractivity contribution in [1.29, 1.82) is 5.41 Å². The third-order valence-corrected chi connectivity index (χ3v) is 9.46. The number of nitrogens with two attached hydrogens (primary N) is 1. The minimum atomic E-state index is -4.78. The van der Waals surface area contributed by atoms with E-state index < -0.39 is 40.5 Å². The predicted molar refractivity (Wildman–Crippen MR) is 174 cm³/mol. The van der Waals surface area contributed by atoms with Crippen molar-refractivity contribution in [2.24, 2.45) is 0 Å². The first-order valence-corrected chi connectivity index (χ1v) is 16.6. The van der Waals surface area contributed by atoms with Crippen LogP contribution in [-0.2, 0) is 28.7 Å². The van der Waals surface area contributed by atoms with Gasteiger partial charge in [0, 0.05) is 51.3 Å². The molecule has 48 heavy (non-hydrogen) atoms. The first-order valence-electron chi connectivity index (χ1n) is 16.2. The summed E-state index contributed by atoms with van der Waals surface area (Å²) in [5, 5.41) is 11.6. The van der Waals surface area contributed by atoms with Crippen molar-refractivity contribution in [3.05, 3.63) is 39.5 Å². The smallest absolute Gasteiger partial charge is 0.418 e. The molecule has 0 bridgehead atoms. The molecule has 2 aromatic rings. The molecule has 3 aliphatic rings. The second kappa shape index (κ2) is 14.7. The number of nitrogens with one attached hydrogen (secondary N) is 2. The summed E-state index contributed by atoms with van der Waals surface area (Å²) in [5.74, 6) is -0.713. The molecule has 3 atom stereocenters. The van der Waals surface area contributed by atoms with Crippen LogP contribution in [0.5, 0.6) is 6.01 Å². The zero-order valence-corrected chi connectivity index (χ0v) is 28.2. The van der Waals surface area contributed by atoms with E-state index >= 15 is 0 Å². The fraction of sp³-hybridized carbons (Fsp3) is 0.625. The molecule has 1 aromatic carbocycles. The maximum atomic E-state index is 14.5. The van der Waals surface area contributed by atoms with Crippen LogP contribution in [-0.4, -0.2) is 96.6 Å². The van der Waals surface area contributed by atoms with Crippen molar-refractivity contribution in [3.8, 4) is 6.01 Å². The molecule has 0 radical (unpaired) electrons. The molecule has 0 saturated carbocycles. The van der Waals surface area contributed by atoms with Gasteiger partial charge in [0.2, 0.25) is 0 Å². The molecule has 5 rings (SSSR count). The van der Waals surface area contributed by atoms with Crippen LogP contribution in [0.3, 0.4) is 0 Å². The Morgan fingerprint density at radius 3 is 2.77 bits per heavy atom. The van der Waals surface area contributed by atoms with Crippen LogP contribution in [0.2, 0.25) is 5.02 Å². The van der Waals surface area contributed by atoms with E-state index in [1.807, 2.05) is 6.92 Å². The zero-order chi connectivity index (χ0) is 34.8. The molecule has 2 fully saturated rings. The molecular formula is C32H43ClF4N8O3. The van der Waals surface area contributed by atoms with Crippen LogP contribution >= 0.6 is 11.6 Å². The Hall–Kier alpha value is -3.27. The molecule has 2 saturated heterocycles. The average molecular weight is 699 g/mol. The number of alkyl halides is 4. The third kappa shape index (κ3) is 7.63. The number of ether oxygens (including phenoxy) is 2. The van der Waals surface area contributed by atoms with Gasteiger partial charge in [-0.15, -0.1) is 0 Å². The molecular weight excluding hydrogens is 656 g/mol. The number of hydrogen-bond acceptors (Lipinski definition) is 9. The van der Waals surface area contributed by atoms with Crippen molar-refractivity contribution in [2.45, 2.75) is 76.0 Å². The number of anilines is 2. The molecule has 11 nitrogen and oxygen atoms in total. The third-order valence-electron chi connectivity index (χ3n) is 9.16. The van der Waals surface area contributed by atoms with E-state index in [0.29, 0.717) is 37.2 Å². The number of benzene rings is 1. The van der Waals surface area contributed by atoms with Gasteiger partial charge < -0.3 is 30.3 Å². The molecule has 4 N–H and O–H groups in total. The van der Waals surface area contributed by atoms with Gasteiger partial charge in [-0.2, -0.15) is 23.1 Å². The van der Waals surface area contributed by atoms with Gasteiger partial charge in [-0.25, -0.2) is 4.39 Å². The number of amides is 1. The van der Waals surface area contributed by atoms with E-state index in [2.05, 4.69) is 20.2 Å². The number of aromatic nitrogens is 2. The monoisotopic (exact) mass is 698 g/mol. The van der Waals surface area contributed by atoms with E-state index in [0.717, 1.165) is 38.4 Å². The summed E-state index contributed by atoms with van der Waals surface area (Å²) >= 11 is 6.06. The summed E-state index contributed by atoms with van der Waals surface area (Å²) in [5.41, 5.74) is 4.95. The van der Waals surface area contributed by atoms with Gasteiger partial charge in [0.1, 0.15) is 18.6 Å². The lowest BCUT2D eigenvalue weighted by Crippen LogP contribution is -2.45. The Morgan fingerprint density at radius 2 is 2.06 bits per heavy atom. The summed E-state index contributed by atoms with van der Waals surface area (Å²) in [4.78, 5) is 27.3. The molecule has 1 amide bonds. The zero-order valence-electron chi connectivity index (χ0n) is 27.4. The van der Waals surface area contributed by atoms with Gasteiger partial charge in [-0.1, -0.05) is 18.5 Å². The highest BCUT2D eigenvalue weighted by molar-refractivity contribution is 6.41. The van der Waals surface area contributed by atoms with E-state index in [1.54, 1.807) is 0 Å². The summed E-state index contributed by atoms with van der Waals surface area (Å²) in [6.07, 6.45) is -3.54. The van der Waals surface area contributed by atoms with Crippen molar-refractivity contribution >= 4 is 34.8 Å². The fourth-order valence-corrected chi connectivity index (χ4v) is 7.23. The molecule has 0 aliphatic carbocycles. The molecule has 1 aromatic heterocycles. The number of likely N-dealkylation sites (N-methyl/N-ethyl adjacent to an activating group) is 1. The molecule has 4 heterocycles. The van der Waals surface area contributed by atoms with Crippen molar-refractivity contribution in [3.63, 3.8) is 0 Å². The second-order valence-electron chi connectivity index (χ2n) is 12.9. The molecule has 2 unspecified atom stereocenters. The number of halogens is 5. The summed E-state index contributed by atoms with van der Waals surface area (Å²) in [6.45, 7) is 4.67. The molecule has 0 spiro atoms. The normalized spacial score (nSPS) is 22.3. The van der Waals surface area contributed by atoms with Gasteiger partial charge in [-0.3, -0.25) is 15.1 Å². The lowest BCUT2D eigenvalue weighted by Gasteiger charge is -2.33. The number of fused-ring (bicyclic) bond motifs is 2. The SMILES string of the molecule is CCCNCCCN(C(=N)C(=O)N(C)C)c1nc(OCC23CCCN2C[C@H](F)C3)nc2c1COC(c1cc(N)cc(Cl)c1C(F)(F)F)C2. The summed E-state index contributed by atoms with van der Waals surface area (Å²) in [6, 6.07) is 2.18. The lowest BCUT2D eigenvalue weighted by molar-refractivity contribution is -0.139. The Morgan fingerprint density at radius 1 is 1.29 bits per heavy atom. The number of hydrogen-bond donors (Lipinski definition) is 3. The fourth-order valence-electron chi connectivity index (χ4n) is 6.88. The van der Waals surface area contributed by atoms with Crippen LogP contribution in [0.25, 0.3) is 0 Å². The van der Waals surface area contributed by atoms with E-state index in [1.165, 1.54) is 30.0 Å². The van der Waals surface area contributed by atoms with Gasteiger partial charge in [0.25, 0.3) is 5.91 Å². The molecule has 3 aliphatic heterocycles. The minimum Gasteiger partial charge on any atom is -0.461 e. The van der Waals surface area contributed by atoms with Crippen LogP contribution in [0.15, 0.2) is 12.1 Å². The largest absolute Gasteiger partial charge is 0.461 e. The Balaban J connectivity index is 1.55. The van der Waals surface area contributed by atoms with E-state index in [4.69, 9.17) is 32.2 Å². The lowest BCUT2D eigenvalue weighted by atomic mass is 9.94. The number of nitrogens with zero attached hydrogens (tertiary/aromatic N) is 5. The van der Waals surface area contributed by atoms with Gasteiger partial charge in [0.05, 0.1) is 34.5 Å². The van der Waals surface area contributed by atoms with Gasteiger partial charge in [-0.05, 0) is 63.0 Å². The highest BCUT2D eigenvalue weighted by Crippen LogP contribution is 2.45. The van der Waals surface area contributed by atoms with E-state index in [-0.39, 0.29) is 55.1 Å². The summed E-state index contributed by atoms with van der Waals surface area (Å²) in [7, 11) is 3.08. The van der Waals surface area contributed by atoms with Crippen molar-refractivity contribution in [1.82, 2.24) is 25.1 Å². The van der Waals surface area contributed by atoms with Crippen LogP contribution in [0.4, 0.5) is 29.1 Å². The maximum Gasteiger partial charge on any atom is 0.418 e. The Kier molecular flexibility index (Phi) is 11.0. The van der Waals surface area contributed by atoms with Crippen LogP contribution in [0.1, 0.15) is 67.5 Å². The van der Waals surface area contributed by atoms with E-state index in [9.17, 15) is 22.4 Å². The summed E-state index contributed by atoms with van der Waals surface area (Å²) < 4.78 is 69.4. The number of amidine groups is 1. The van der Waals surface area contributed by atoms with Crippen molar-refractivity contribution in [2.75, 3.05) is 64.1 Å². The Labute approximate surface area is 282 Å². The van der Waals surface area contributed by atoms with Crippen LogP contribution < -0.4 is 20.7 Å². The highest BCUT2D eigenvalue weighted by atomic mass is 35.5. The van der Waals surface area contributed by atoms with Gasteiger partial charge in [0.15, 0.2) is 5.84 Å². The number of nitrogen functional groups attached to an aromatic ring is 1. The topological polar surface area (TPSA) is 133 Å². The highest BCUT2D eigenvalue weighted by Gasteiger charge is 2.49. The average Bonchev–Trinajstić information content (AvgIpc) is 3.55. The first-order chi connectivity index (χ1) is 22.7. The van der Waals surface area contributed by atoms with Crippen LogP contribution in [0, 0.1) is 5.41 Å². The predicted octanol–water partition coefficient (Wildman–Crippen LogP) is 4.76. The number of carbonyl (C=O) groups is 1. The number of rotatable bonds is 11. The Bertz CT molecular complexity index is 1510. The van der Waals surface area contributed by atoms with Crippen molar-refractivity contribution < 1.29 is 31.8 Å². The standard InChI is InChI=1S/C32H43ClF4N8O3/c1-4-8-40-9-6-11-45(27(39)29(46)43(2)3)28-22-17-47-25(21-12-20(38)13-23(33)26(21)32(35,36)37)14-24(22)41-30(42-28)48-18-31-7-5-10-44(31)16-19(34)15-31/h12-13,19,25,39-40H,4-11,14-18,38H2,1-3H3/t19-,25?,31?/m1/s1. The second-order valence-corrected chi connectivity index (χ2v) is 13.3. The first kappa shape index (κ1) is 36.0.